The number of anilines is 1. The molecule has 0 radical (unpaired) electrons. The van der Waals surface area contributed by atoms with Crippen molar-refractivity contribution in [1.82, 2.24) is 5.32 Å². The second kappa shape index (κ2) is 10.1. The van der Waals surface area contributed by atoms with Gasteiger partial charge < -0.3 is 5.32 Å². The van der Waals surface area contributed by atoms with Crippen LogP contribution in [-0.2, 0) is 40.4 Å². The van der Waals surface area contributed by atoms with Crippen LogP contribution in [0, 0.1) is 0 Å². The van der Waals surface area contributed by atoms with Crippen LogP contribution in [0.1, 0.15) is 43.0 Å². The Morgan fingerprint density at radius 3 is 2.28 bits per heavy atom. The van der Waals surface area contributed by atoms with Crippen LogP contribution < -0.4 is 9.62 Å². The van der Waals surface area contributed by atoms with E-state index in [4.69, 9.17) is 11.6 Å². The van der Waals surface area contributed by atoms with Crippen molar-refractivity contribution in [1.29, 1.82) is 0 Å². The fourth-order valence-corrected chi connectivity index (χ4v) is 4.81. The maximum absolute atomic E-state index is 13.3. The summed E-state index contributed by atoms with van der Waals surface area (Å²) in [6.45, 7) is 5.49. The van der Waals surface area contributed by atoms with E-state index < -0.39 is 38.7 Å². The third-order valence-corrected chi connectivity index (χ3v) is 6.68. The first-order valence-corrected chi connectivity index (χ1v) is 12.3. The van der Waals surface area contributed by atoms with E-state index in [1.807, 2.05) is 32.0 Å². The number of halogens is 4. The van der Waals surface area contributed by atoms with E-state index in [2.05, 4.69) is 5.32 Å². The lowest BCUT2D eigenvalue weighted by Crippen LogP contribution is -2.47. The van der Waals surface area contributed by atoms with Crippen molar-refractivity contribution in [2.45, 2.75) is 52.4 Å². The van der Waals surface area contributed by atoms with Crippen molar-refractivity contribution in [3.63, 3.8) is 0 Å². The second-order valence-corrected chi connectivity index (χ2v) is 9.69. The predicted molar refractivity (Wildman–Crippen MR) is 120 cm³/mol. The van der Waals surface area contributed by atoms with Gasteiger partial charge in [-0.1, -0.05) is 43.6 Å². The molecule has 2 aromatic rings. The molecule has 1 atom stereocenters. The summed E-state index contributed by atoms with van der Waals surface area (Å²) in [6, 6.07) is 7.43. The Morgan fingerprint density at radius 2 is 1.75 bits per heavy atom. The number of carbonyl (C=O) groups is 1. The number of hydrogen-bond donors (Lipinski definition) is 1. The molecule has 0 saturated heterocycles. The number of sulfonamides is 1. The molecule has 32 heavy (non-hydrogen) atoms. The average molecular weight is 491 g/mol. The van der Waals surface area contributed by atoms with Crippen LogP contribution in [0.5, 0.6) is 0 Å². The number of alkyl halides is 3. The van der Waals surface area contributed by atoms with Crippen LogP contribution in [-0.4, -0.2) is 26.6 Å². The minimum absolute atomic E-state index is 0.173. The third-order valence-electron chi connectivity index (χ3n) is 5.11. The zero-order valence-electron chi connectivity index (χ0n) is 18.3. The maximum Gasteiger partial charge on any atom is 0.417 e. The summed E-state index contributed by atoms with van der Waals surface area (Å²) in [5.74, 6) is -0.636. The highest BCUT2D eigenvalue weighted by Crippen LogP contribution is 2.37. The molecule has 0 heterocycles. The first-order valence-electron chi connectivity index (χ1n) is 10.0. The van der Waals surface area contributed by atoms with Gasteiger partial charge in [-0.2, -0.15) is 13.2 Å². The molecule has 1 amide bonds. The molecule has 2 rings (SSSR count). The number of hydrogen-bond acceptors (Lipinski definition) is 3. The maximum atomic E-state index is 13.3. The lowest BCUT2D eigenvalue weighted by atomic mass is 10.0. The van der Waals surface area contributed by atoms with Gasteiger partial charge in [-0.05, 0) is 54.7 Å². The molecule has 0 spiro atoms. The van der Waals surface area contributed by atoms with Crippen molar-refractivity contribution in [2.24, 2.45) is 0 Å². The quantitative estimate of drug-likeness (QED) is 0.569. The number of benzene rings is 2. The molecule has 176 valence electrons. The van der Waals surface area contributed by atoms with E-state index in [0.717, 1.165) is 47.9 Å². The van der Waals surface area contributed by atoms with Crippen molar-refractivity contribution in [3.8, 4) is 0 Å². The van der Waals surface area contributed by atoms with Crippen LogP contribution >= 0.6 is 11.6 Å². The number of nitrogens with zero attached hydrogens (tertiary/aromatic N) is 1. The van der Waals surface area contributed by atoms with Gasteiger partial charge in [0.25, 0.3) is 0 Å². The number of rotatable bonds is 8. The van der Waals surface area contributed by atoms with Gasteiger partial charge in [0.05, 0.1) is 22.5 Å². The predicted octanol–water partition coefficient (Wildman–Crippen LogP) is 4.95. The Hall–Kier alpha value is -2.26. The molecule has 10 heteroatoms. The van der Waals surface area contributed by atoms with Crippen LogP contribution in [0.25, 0.3) is 0 Å². The Kier molecular flexibility index (Phi) is 8.22. The smallest absolute Gasteiger partial charge is 0.350 e. The molecule has 0 fully saturated rings. The molecular weight excluding hydrogens is 465 g/mol. The third kappa shape index (κ3) is 6.16. The number of amides is 1. The fraction of sp³-hybridized carbons (Fsp3) is 0.409. The van der Waals surface area contributed by atoms with Gasteiger partial charge in [-0.3, -0.25) is 9.10 Å². The zero-order chi connectivity index (χ0) is 24.3. The molecule has 1 unspecified atom stereocenters. The Labute approximate surface area is 191 Å². The van der Waals surface area contributed by atoms with Crippen molar-refractivity contribution < 1.29 is 26.4 Å². The lowest BCUT2D eigenvalue weighted by molar-refractivity contribution is -0.137. The number of carbonyl (C=O) groups excluding carboxylic acids is 1. The van der Waals surface area contributed by atoms with E-state index in [-0.39, 0.29) is 12.2 Å². The summed E-state index contributed by atoms with van der Waals surface area (Å²) in [6.07, 6.45) is -2.37. The number of nitrogens with one attached hydrogen (secondary N) is 1. The largest absolute Gasteiger partial charge is 0.417 e. The highest BCUT2D eigenvalue weighted by Gasteiger charge is 2.36. The van der Waals surface area contributed by atoms with Crippen LogP contribution in [0.15, 0.2) is 36.4 Å². The molecule has 0 aliphatic rings. The van der Waals surface area contributed by atoms with E-state index >= 15 is 0 Å². The Balaban J connectivity index is 2.34. The first-order chi connectivity index (χ1) is 14.8. The fourth-order valence-electron chi connectivity index (χ4n) is 3.42. The molecule has 5 nitrogen and oxygen atoms in total. The SMILES string of the molecule is CCc1ccc(CC)c(CNC(=O)C(C)N(c2ccc(Cl)c(C(F)(F)F)c2)S(C)(=O)=O)c1. The molecule has 0 aliphatic carbocycles. The Bertz CT molecular complexity index is 1090. The van der Waals surface area contributed by atoms with E-state index in [9.17, 15) is 26.4 Å². The lowest BCUT2D eigenvalue weighted by Gasteiger charge is -2.29. The van der Waals surface area contributed by atoms with E-state index in [1.54, 1.807) is 0 Å². The van der Waals surface area contributed by atoms with E-state index in [1.165, 1.54) is 6.92 Å². The first kappa shape index (κ1) is 26.0. The van der Waals surface area contributed by atoms with Gasteiger partial charge in [0, 0.05) is 6.54 Å². The minimum atomic E-state index is -4.78. The molecule has 0 aromatic heterocycles. The van der Waals surface area contributed by atoms with Crippen molar-refractivity contribution in [3.05, 3.63) is 63.7 Å². The van der Waals surface area contributed by atoms with Gasteiger partial charge in [0.2, 0.25) is 15.9 Å². The summed E-state index contributed by atoms with van der Waals surface area (Å²) in [5, 5.41) is 2.15. The van der Waals surface area contributed by atoms with Gasteiger partial charge in [-0.15, -0.1) is 0 Å². The Morgan fingerprint density at radius 1 is 1.09 bits per heavy atom. The minimum Gasteiger partial charge on any atom is -0.350 e. The van der Waals surface area contributed by atoms with Gasteiger partial charge >= 0.3 is 6.18 Å². The van der Waals surface area contributed by atoms with Crippen LogP contribution in [0.4, 0.5) is 18.9 Å². The second-order valence-electron chi connectivity index (χ2n) is 7.42. The molecule has 2 aromatic carbocycles. The summed E-state index contributed by atoms with van der Waals surface area (Å²) >= 11 is 5.65. The standard InChI is InChI=1S/C22H26ClF3N2O3S/c1-5-15-7-8-16(6-2)17(11-15)13-27-21(29)14(3)28(32(4,30)31)18-9-10-20(23)19(12-18)22(24,25)26/h7-12,14H,5-6,13H2,1-4H3,(H,27,29). The molecule has 0 bridgehead atoms. The number of aryl methyl sites for hydroxylation is 2. The van der Waals surface area contributed by atoms with Gasteiger partial charge in [-0.25, -0.2) is 8.42 Å². The molecule has 1 N–H and O–H groups in total. The highest BCUT2D eigenvalue weighted by molar-refractivity contribution is 7.92. The molecular formula is C22H26ClF3N2O3S. The monoisotopic (exact) mass is 490 g/mol. The van der Waals surface area contributed by atoms with Crippen molar-refractivity contribution in [2.75, 3.05) is 10.6 Å². The summed E-state index contributed by atoms with van der Waals surface area (Å²) in [5.41, 5.74) is 1.57. The normalized spacial score (nSPS) is 13.0. The summed E-state index contributed by atoms with van der Waals surface area (Å²) in [7, 11) is -4.08. The average Bonchev–Trinajstić information content (AvgIpc) is 2.71. The van der Waals surface area contributed by atoms with Crippen LogP contribution in [0.2, 0.25) is 5.02 Å². The zero-order valence-corrected chi connectivity index (χ0v) is 19.8. The highest BCUT2D eigenvalue weighted by atomic mass is 35.5. The van der Waals surface area contributed by atoms with E-state index in [0.29, 0.717) is 10.4 Å². The summed E-state index contributed by atoms with van der Waals surface area (Å²) in [4.78, 5) is 12.8. The topological polar surface area (TPSA) is 66.5 Å². The molecule has 0 saturated carbocycles. The molecule has 0 aliphatic heterocycles. The van der Waals surface area contributed by atoms with Gasteiger partial charge in [0.1, 0.15) is 6.04 Å². The van der Waals surface area contributed by atoms with Crippen molar-refractivity contribution >= 4 is 33.2 Å². The van der Waals surface area contributed by atoms with Gasteiger partial charge in [0.15, 0.2) is 0 Å². The summed E-state index contributed by atoms with van der Waals surface area (Å²) < 4.78 is 65.3. The van der Waals surface area contributed by atoms with Crippen LogP contribution in [0.3, 0.4) is 0 Å².